The molecule has 1 heterocycles. The molecule has 0 saturated heterocycles. The molecule has 0 aliphatic rings. The molecule has 5 nitrogen and oxygen atoms in total. The van der Waals surface area contributed by atoms with Gasteiger partial charge in [-0.3, -0.25) is 9.48 Å². The minimum Gasteiger partial charge on any atom is -0.359 e. The highest BCUT2D eigenvalue weighted by Gasteiger charge is 2.27. The fourth-order valence-electron chi connectivity index (χ4n) is 2.23. The first kappa shape index (κ1) is 16.7. The molecule has 1 aromatic heterocycles. The van der Waals surface area contributed by atoms with Crippen molar-refractivity contribution in [2.45, 2.75) is 46.6 Å². The maximum absolute atomic E-state index is 11.7. The minimum atomic E-state index is -0.418. The quantitative estimate of drug-likeness (QED) is 0.861. The molecule has 0 aliphatic heterocycles. The Bertz CT molecular complexity index is 469. The van der Waals surface area contributed by atoms with Crippen molar-refractivity contribution in [3.05, 3.63) is 17.5 Å². The summed E-state index contributed by atoms with van der Waals surface area (Å²) in [4.78, 5) is 11.7. The number of amides is 1. The van der Waals surface area contributed by atoms with Gasteiger partial charge < -0.3 is 10.6 Å². The molecule has 114 valence electrons. The summed E-state index contributed by atoms with van der Waals surface area (Å²) >= 11 is 0. The third-order valence-electron chi connectivity index (χ3n) is 3.34. The van der Waals surface area contributed by atoms with Gasteiger partial charge in [0.05, 0.1) is 11.1 Å². The number of aryl methyl sites for hydroxylation is 1. The van der Waals surface area contributed by atoms with Gasteiger partial charge in [-0.2, -0.15) is 5.10 Å². The lowest BCUT2D eigenvalue weighted by Gasteiger charge is -2.23. The van der Waals surface area contributed by atoms with Crippen LogP contribution in [0.15, 0.2) is 6.20 Å². The summed E-state index contributed by atoms with van der Waals surface area (Å²) in [5.41, 5.74) is 1.89. The topological polar surface area (TPSA) is 59.0 Å². The van der Waals surface area contributed by atoms with E-state index in [0.717, 1.165) is 12.2 Å². The summed E-state index contributed by atoms with van der Waals surface area (Å²) in [5.74, 6) is 0.0484. The fourth-order valence-corrected chi connectivity index (χ4v) is 2.23. The Balaban J connectivity index is 2.70. The van der Waals surface area contributed by atoms with Gasteiger partial charge in [-0.15, -0.1) is 0 Å². The van der Waals surface area contributed by atoms with Crippen molar-refractivity contribution in [2.75, 3.05) is 13.6 Å². The largest absolute Gasteiger partial charge is 0.359 e. The van der Waals surface area contributed by atoms with E-state index in [2.05, 4.69) is 36.5 Å². The Hall–Kier alpha value is -1.36. The molecule has 0 radical (unpaired) electrons. The van der Waals surface area contributed by atoms with Crippen molar-refractivity contribution in [3.8, 4) is 0 Å². The average Bonchev–Trinajstić information content (AvgIpc) is 2.69. The zero-order valence-electron chi connectivity index (χ0n) is 13.8. The smallest absolute Gasteiger partial charge is 0.226 e. The summed E-state index contributed by atoms with van der Waals surface area (Å²) in [6.07, 6.45) is 2.04. The zero-order valence-corrected chi connectivity index (χ0v) is 13.8. The van der Waals surface area contributed by atoms with Crippen LogP contribution in [0, 0.1) is 5.41 Å². The maximum atomic E-state index is 11.7. The van der Waals surface area contributed by atoms with E-state index in [4.69, 9.17) is 0 Å². The van der Waals surface area contributed by atoms with Crippen LogP contribution in [0.3, 0.4) is 0 Å². The second-order valence-corrected chi connectivity index (χ2v) is 6.99. The van der Waals surface area contributed by atoms with Crippen molar-refractivity contribution in [1.29, 1.82) is 0 Å². The zero-order chi connectivity index (χ0) is 15.6. The molecule has 0 saturated carbocycles. The summed E-state index contributed by atoms with van der Waals surface area (Å²) in [6.45, 7) is 11.7. The molecule has 0 aromatic carbocycles. The predicted octanol–water partition coefficient (Wildman–Crippen LogP) is 1.58. The number of aromatic nitrogens is 2. The van der Waals surface area contributed by atoms with Crippen LogP contribution >= 0.6 is 0 Å². The van der Waals surface area contributed by atoms with Gasteiger partial charge in [0.15, 0.2) is 0 Å². The third kappa shape index (κ3) is 4.07. The molecule has 1 aromatic rings. The molecular formula is C15H28N4O. The number of nitrogens with one attached hydrogen (secondary N) is 2. The monoisotopic (exact) mass is 280 g/mol. The van der Waals surface area contributed by atoms with E-state index in [1.54, 1.807) is 7.05 Å². The molecule has 0 bridgehead atoms. The van der Waals surface area contributed by atoms with Crippen LogP contribution < -0.4 is 10.6 Å². The van der Waals surface area contributed by atoms with Gasteiger partial charge in [0.25, 0.3) is 0 Å². The molecule has 0 aliphatic carbocycles. The Morgan fingerprint density at radius 1 is 1.30 bits per heavy atom. The summed E-state index contributed by atoms with van der Waals surface area (Å²) < 4.78 is 1.85. The Labute approximate surface area is 122 Å². The summed E-state index contributed by atoms with van der Waals surface area (Å²) in [5, 5.41) is 10.6. The Morgan fingerprint density at radius 3 is 2.40 bits per heavy atom. The maximum Gasteiger partial charge on any atom is 0.226 e. The van der Waals surface area contributed by atoms with Gasteiger partial charge in [0.2, 0.25) is 5.91 Å². The van der Waals surface area contributed by atoms with Crippen molar-refractivity contribution in [1.82, 2.24) is 20.4 Å². The lowest BCUT2D eigenvalue weighted by atomic mass is 9.89. The van der Waals surface area contributed by atoms with E-state index in [-0.39, 0.29) is 11.3 Å². The fraction of sp³-hybridized carbons (Fsp3) is 0.733. The van der Waals surface area contributed by atoms with Gasteiger partial charge in [-0.1, -0.05) is 20.8 Å². The Morgan fingerprint density at radius 2 is 1.90 bits per heavy atom. The second-order valence-electron chi connectivity index (χ2n) is 6.99. The number of nitrogens with zero attached hydrogens (tertiary/aromatic N) is 2. The van der Waals surface area contributed by atoms with Crippen LogP contribution in [0.4, 0.5) is 0 Å². The van der Waals surface area contributed by atoms with Crippen LogP contribution in [0.2, 0.25) is 0 Å². The van der Waals surface area contributed by atoms with Gasteiger partial charge in [0.1, 0.15) is 0 Å². The van der Waals surface area contributed by atoms with Gasteiger partial charge in [-0.05, 0) is 13.8 Å². The number of carbonyl (C=O) groups is 1. The summed E-state index contributed by atoms with van der Waals surface area (Å²) in [7, 11) is 3.61. The minimum absolute atomic E-state index is 0.0224. The number of hydrogen-bond donors (Lipinski definition) is 2. The Kier molecular flexibility index (Phi) is 4.97. The number of rotatable bonds is 5. The van der Waals surface area contributed by atoms with E-state index in [1.165, 1.54) is 5.56 Å². The lowest BCUT2D eigenvalue weighted by molar-refractivity contribution is -0.128. The summed E-state index contributed by atoms with van der Waals surface area (Å²) in [6, 6.07) is 0. The van der Waals surface area contributed by atoms with Gasteiger partial charge in [-0.25, -0.2) is 0 Å². The first-order chi connectivity index (χ1) is 9.08. The van der Waals surface area contributed by atoms with Crippen molar-refractivity contribution in [2.24, 2.45) is 12.5 Å². The number of hydrogen-bond acceptors (Lipinski definition) is 3. The molecule has 20 heavy (non-hydrogen) atoms. The van der Waals surface area contributed by atoms with Crippen molar-refractivity contribution < 1.29 is 4.79 Å². The highest BCUT2D eigenvalue weighted by molar-refractivity contribution is 5.81. The van der Waals surface area contributed by atoms with Crippen LogP contribution in [0.5, 0.6) is 0 Å². The molecule has 0 unspecified atom stereocenters. The van der Waals surface area contributed by atoms with E-state index in [0.29, 0.717) is 6.54 Å². The van der Waals surface area contributed by atoms with E-state index in [1.807, 2.05) is 31.8 Å². The van der Waals surface area contributed by atoms with Crippen molar-refractivity contribution >= 4 is 5.91 Å². The molecule has 0 fully saturated rings. The van der Waals surface area contributed by atoms with E-state index in [9.17, 15) is 4.79 Å². The van der Waals surface area contributed by atoms with Crippen molar-refractivity contribution in [3.63, 3.8) is 0 Å². The normalized spacial score (nSPS) is 12.6. The average molecular weight is 280 g/mol. The van der Waals surface area contributed by atoms with E-state index < -0.39 is 5.41 Å². The lowest BCUT2D eigenvalue weighted by Crippen LogP contribution is -2.42. The molecular weight excluding hydrogens is 252 g/mol. The molecule has 2 N–H and O–H groups in total. The SMILES string of the molecule is CNC(=O)C(C)(C)CNCc1cn(C)nc1C(C)(C)C. The van der Waals surface area contributed by atoms with Gasteiger partial charge >= 0.3 is 0 Å². The third-order valence-corrected chi connectivity index (χ3v) is 3.34. The molecule has 1 rings (SSSR count). The standard InChI is InChI=1S/C15H28N4O/c1-14(2,3)12-11(9-19(7)18-12)8-17-10-15(4,5)13(20)16-6/h9,17H,8,10H2,1-7H3,(H,16,20). The van der Waals surface area contributed by atoms with Crippen LogP contribution in [-0.2, 0) is 23.8 Å². The molecule has 1 amide bonds. The second kappa shape index (κ2) is 5.95. The predicted molar refractivity (Wildman–Crippen MR) is 81.5 cm³/mol. The first-order valence-corrected chi connectivity index (χ1v) is 7.04. The first-order valence-electron chi connectivity index (χ1n) is 7.04. The molecule has 0 spiro atoms. The van der Waals surface area contributed by atoms with Crippen LogP contribution in [-0.4, -0.2) is 29.3 Å². The highest BCUT2D eigenvalue weighted by atomic mass is 16.2. The van der Waals surface area contributed by atoms with E-state index >= 15 is 0 Å². The van der Waals surface area contributed by atoms with Crippen LogP contribution in [0.1, 0.15) is 45.9 Å². The number of carbonyl (C=O) groups excluding carboxylic acids is 1. The highest BCUT2D eigenvalue weighted by Crippen LogP contribution is 2.24. The van der Waals surface area contributed by atoms with Crippen LogP contribution in [0.25, 0.3) is 0 Å². The molecule has 5 heteroatoms. The van der Waals surface area contributed by atoms with Gasteiger partial charge in [0, 0.05) is 44.4 Å². The molecule has 0 atom stereocenters.